The highest BCUT2D eigenvalue weighted by molar-refractivity contribution is 7.89. The number of halogens is 6. The molecule has 0 rings (SSSR count). The van der Waals surface area contributed by atoms with Crippen molar-refractivity contribution in [2.24, 2.45) is 0 Å². The van der Waals surface area contributed by atoms with E-state index < -0.39 is 66.9 Å². The third-order valence-corrected chi connectivity index (χ3v) is 280. The largest absolute Gasteiger partial charge is 0.522 e. The van der Waals surface area contributed by atoms with Crippen LogP contribution in [0.5, 0.6) is 0 Å². The Labute approximate surface area is 218 Å². The number of hydrogen-bond acceptors (Lipinski definition) is 6. The third-order valence-electron chi connectivity index (χ3n) is 4.58. The van der Waals surface area contributed by atoms with Gasteiger partial charge in [0.2, 0.25) is 0 Å². The van der Waals surface area contributed by atoms with Crippen LogP contribution in [0.4, 0.5) is 26.3 Å². The highest BCUT2D eigenvalue weighted by Crippen LogP contribution is 2.24. The molecule has 0 fully saturated rings. The first kappa shape index (κ1) is 34.9. The lowest BCUT2D eigenvalue weighted by atomic mass is 11.6. The maximum atomic E-state index is 12.1. The summed E-state index contributed by atoms with van der Waals surface area (Å²) in [5, 5.41) is 0. The van der Waals surface area contributed by atoms with Crippen LogP contribution in [0, 0.1) is 0 Å². The molecule has 0 aromatic carbocycles. The summed E-state index contributed by atoms with van der Waals surface area (Å²) in [6.45, 7) is 0. The van der Waals surface area contributed by atoms with Gasteiger partial charge in [-0.2, -0.15) is 43.2 Å². The van der Waals surface area contributed by atoms with Gasteiger partial charge < -0.3 is 7.74 Å². The zero-order valence-corrected chi connectivity index (χ0v) is 42.1. The summed E-state index contributed by atoms with van der Waals surface area (Å²) >= 11 is 0. The maximum absolute atomic E-state index is 12.1. The molecule has 0 aliphatic carbocycles. The zero-order chi connectivity index (χ0) is 24.7. The minimum Gasteiger partial charge on any atom is -0.320 e. The van der Waals surface area contributed by atoms with E-state index in [-0.39, 0.29) is 51.3 Å². The first-order chi connectivity index (χ1) is 14.7. The highest BCUT2D eigenvalue weighted by Gasteiger charge is 2.47. The molecule has 0 unspecified atom stereocenters. The van der Waals surface area contributed by atoms with E-state index >= 15 is 0 Å². The summed E-state index contributed by atoms with van der Waals surface area (Å²) in [7, 11) is -11.6. The molecule has 6 nitrogen and oxygen atoms in total. The first-order valence-corrected chi connectivity index (χ1v) is 74.6. The lowest BCUT2D eigenvalue weighted by Crippen LogP contribution is -2.36. The molecule has 32 heavy (non-hydrogen) atoms. The predicted molar refractivity (Wildman–Crippen MR) is 169 cm³/mol. The van der Waals surface area contributed by atoms with Crippen molar-refractivity contribution in [2.75, 3.05) is 0 Å². The molecule has 0 amide bonds. The summed E-state index contributed by atoms with van der Waals surface area (Å²) in [6.07, 6.45) is 0. The summed E-state index contributed by atoms with van der Waals surface area (Å²) in [5.74, 6) is 0. The molecule has 0 bridgehead atoms. The monoisotopic (exact) mass is 778 g/mol. The first-order valence-electron chi connectivity index (χ1n) is 10.6. The third kappa shape index (κ3) is 17.3. The fourth-order valence-electron chi connectivity index (χ4n) is 2.80. The van der Waals surface area contributed by atoms with Crippen LogP contribution in [0.25, 0.3) is 0 Å². The van der Waals surface area contributed by atoms with Gasteiger partial charge in [0, 0.05) is 17.1 Å². The smallest absolute Gasteiger partial charge is 0.320 e. The molecule has 0 saturated carbocycles. The van der Waals surface area contributed by atoms with Crippen LogP contribution < -0.4 is 0 Å². The molecule has 0 spiro atoms. The van der Waals surface area contributed by atoms with Gasteiger partial charge in [-0.15, -0.1) is 0 Å². The Kier molecular flexibility index (Phi) is 19.8. The molecule has 0 heterocycles. The normalized spacial score (nSPS) is 19.6. The Hall–Kier alpha value is 2.87. The lowest BCUT2D eigenvalue weighted by molar-refractivity contribution is -0.0503. The Morgan fingerprint density at radius 3 is 0.781 bits per heavy atom. The van der Waals surface area contributed by atoms with Gasteiger partial charge in [0.25, 0.3) is 0 Å². The van der Waals surface area contributed by atoms with Gasteiger partial charge in [-0.1, -0.05) is 0 Å². The standard InChI is InChI=1S/C2H32F6O6S2Si16/c3-1(4,5)15(9,10)13-17-19-21-23-25-27-29-31-32-30-28-26-24-22-20-18-14-16(11,12)2(6,7)8/h17-32H2. The molecule has 0 saturated heterocycles. The van der Waals surface area contributed by atoms with Crippen molar-refractivity contribution < 1.29 is 50.9 Å². The maximum Gasteiger partial charge on any atom is 0.522 e. The SMILES string of the molecule is O=S(=O)(O[SiH2][SiH2][SiH2][SiH2][SiH2][SiH2][SiH2][SiH2][SiH2][SiH2][SiH2][SiH2][SiH2][SiH2][SiH2][SiH2]OS(=O)(=O)C(F)(F)F)C(F)(F)F. The highest BCUT2D eigenvalue weighted by atomic mass is 32.2. The molecule has 0 aromatic rings. The predicted octanol–water partition coefficient (Wildman–Crippen LogP) is -14.0. The van der Waals surface area contributed by atoms with Crippen molar-refractivity contribution in [1.82, 2.24) is 0 Å². The van der Waals surface area contributed by atoms with Gasteiger partial charge in [0.1, 0.15) is 0 Å². The molecule has 0 aliphatic rings. The molecule has 194 valence electrons. The molecule has 0 aromatic heterocycles. The van der Waals surface area contributed by atoms with E-state index in [1.807, 2.05) is 0 Å². The molecule has 0 radical (unpaired) electrons. The summed E-state index contributed by atoms with van der Waals surface area (Å²) < 4.78 is 125. The van der Waals surface area contributed by atoms with Crippen LogP contribution in [0.1, 0.15) is 0 Å². The van der Waals surface area contributed by atoms with E-state index in [1.165, 1.54) is 0 Å². The average molecular weight is 780 g/mol. The van der Waals surface area contributed by atoms with Crippen molar-refractivity contribution in [1.29, 1.82) is 0 Å². The van der Waals surface area contributed by atoms with E-state index in [0.717, 1.165) is 0 Å². The minimum absolute atomic E-state index is 0.111. The number of alkyl halides is 6. The van der Waals surface area contributed by atoms with Crippen LogP contribution in [0.15, 0.2) is 0 Å². The molecular weight excluding hydrogens is 748 g/mol. The summed E-state index contributed by atoms with van der Waals surface area (Å²) in [4.78, 5) is 0. The number of rotatable bonds is 19. The van der Waals surface area contributed by atoms with Crippen molar-refractivity contribution in [3.8, 4) is 0 Å². The van der Waals surface area contributed by atoms with Crippen LogP contribution in [-0.2, 0) is 28.0 Å². The van der Waals surface area contributed by atoms with Crippen LogP contribution >= 0.6 is 0 Å². The second-order valence-corrected chi connectivity index (χ2v) is 144. The van der Waals surface area contributed by atoms with Gasteiger partial charge in [0.05, 0.1) is 0 Å². The Morgan fingerprint density at radius 2 is 0.594 bits per heavy atom. The van der Waals surface area contributed by atoms with Gasteiger partial charge in [-0.05, 0) is 103 Å². The van der Waals surface area contributed by atoms with Crippen LogP contribution in [0.2, 0.25) is 0 Å². The Balaban J connectivity index is 3.37. The van der Waals surface area contributed by atoms with E-state index in [1.54, 1.807) is 0 Å². The van der Waals surface area contributed by atoms with Crippen molar-refractivity contribution in [3.05, 3.63) is 0 Å². The van der Waals surface area contributed by atoms with Crippen LogP contribution in [-0.4, -0.2) is 166 Å². The van der Waals surface area contributed by atoms with E-state index in [4.69, 9.17) is 0 Å². The topological polar surface area (TPSA) is 86.7 Å². The lowest BCUT2D eigenvalue weighted by Gasteiger charge is -2.07. The fourth-order valence-corrected chi connectivity index (χ4v) is 549. The van der Waals surface area contributed by atoms with E-state index in [2.05, 4.69) is 7.74 Å². The van der Waals surface area contributed by atoms with E-state index in [9.17, 15) is 43.2 Å². The number of hydrogen-bond donors (Lipinski definition) is 0. The minimum atomic E-state index is -5.30. The molecule has 30 heteroatoms. The molecule has 0 aliphatic heterocycles. The van der Waals surface area contributed by atoms with Crippen molar-refractivity contribution >= 4 is 159 Å². The zero-order valence-electron chi connectivity index (χ0n) is 17.8. The molecule has 0 atom stereocenters. The second kappa shape index (κ2) is 18.2. The summed E-state index contributed by atoms with van der Waals surface area (Å²) in [6, 6.07) is 0. The van der Waals surface area contributed by atoms with Gasteiger partial charge >= 0.3 is 31.3 Å². The molecular formula is C2H32F6O6S2Si16. The fraction of sp³-hybridized carbons (Fsp3) is 1.00. The Bertz CT molecular complexity index is 639. The second-order valence-electron chi connectivity index (χ2n) is 7.39. The van der Waals surface area contributed by atoms with Crippen molar-refractivity contribution in [3.63, 3.8) is 0 Å². The van der Waals surface area contributed by atoms with Gasteiger partial charge in [0.15, 0.2) is 18.6 Å². The average Bonchev–Trinajstić information content (AvgIpc) is 2.65. The van der Waals surface area contributed by atoms with Gasteiger partial charge in [-0.3, -0.25) is 0 Å². The van der Waals surface area contributed by atoms with Crippen molar-refractivity contribution in [2.45, 2.75) is 11.0 Å². The summed E-state index contributed by atoms with van der Waals surface area (Å²) in [5.41, 5.74) is -10.5. The molecule has 0 N–H and O–H groups in total. The Morgan fingerprint density at radius 1 is 0.406 bits per heavy atom. The van der Waals surface area contributed by atoms with Crippen LogP contribution in [0.3, 0.4) is 0 Å². The van der Waals surface area contributed by atoms with Gasteiger partial charge in [-0.25, -0.2) is 0 Å². The quantitative estimate of drug-likeness (QED) is 0.0561. The van der Waals surface area contributed by atoms with E-state index in [0.29, 0.717) is 51.3 Å².